The van der Waals surface area contributed by atoms with Gasteiger partial charge < -0.3 is 11.1 Å². The molecular weight excluding hydrogens is 176 g/mol. The first-order valence-corrected chi connectivity index (χ1v) is 4.89. The van der Waals surface area contributed by atoms with Gasteiger partial charge in [0.2, 0.25) is 5.91 Å². The summed E-state index contributed by atoms with van der Waals surface area (Å²) in [5, 5.41) is 2.70. The summed E-state index contributed by atoms with van der Waals surface area (Å²) >= 11 is 0. The minimum absolute atomic E-state index is 0.00676. The number of rotatable bonds is 2. The third-order valence-electron chi connectivity index (χ3n) is 3.19. The van der Waals surface area contributed by atoms with E-state index in [9.17, 15) is 4.79 Å². The number of hydrogen-bond acceptors (Lipinski definition) is 2. The van der Waals surface area contributed by atoms with Gasteiger partial charge >= 0.3 is 0 Å². The van der Waals surface area contributed by atoms with Gasteiger partial charge in [-0.2, -0.15) is 0 Å². The van der Waals surface area contributed by atoms with Crippen LogP contribution < -0.4 is 11.1 Å². The van der Waals surface area contributed by atoms with Gasteiger partial charge in [-0.1, -0.05) is 18.1 Å². The van der Waals surface area contributed by atoms with E-state index in [1.807, 2.05) is 0 Å². The first-order chi connectivity index (χ1) is 6.74. The molecule has 2 aliphatic rings. The third kappa shape index (κ3) is 1.32. The summed E-state index contributed by atoms with van der Waals surface area (Å²) < 4.78 is 0. The summed E-state index contributed by atoms with van der Waals surface area (Å²) in [6.45, 7) is 0.295. The van der Waals surface area contributed by atoms with Crippen molar-refractivity contribution in [3.05, 3.63) is 12.2 Å². The maximum atomic E-state index is 11.7. The van der Waals surface area contributed by atoms with Gasteiger partial charge in [-0.05, 0) is 18.3 Å². The third-order valence-corrected chi connectivity index (χ3v) is 3.19. The Balaban J connectivity index is 2.02. The van der Waals surface area contributed by atoms with Gasteiger partial charge in [0.25, 0.3) is 0 Å². The molecule has 0 spiro atoms. The minimum atomic E-state index is -0.0710. The van der Waals surface area contributed by atoms with Gasteiger partial charge in [-0.15, -0.1) is 6.42 Å². The Kier molecular flexibility index (Phi) is 2.30. The van der Waals surface area contributed by atoms with Crippen LogP contribution in [0, 0.1) is 30.1 Å². The number of carbonyl (C=O) groups is 1. The summed E-state index contributed by atoms with van der Waals surface area (Å²) in [6, 6.07) is -0.0252. The van der Waals surface area contributed by atoms with E-state index in [2.05, 4.69) is 23.4 Å². The van der Waals surface area contributed by atoms with Gasteiger partial charge in [0.1, 0.15) is 0 Å². The fraction of sp³-hybridized carbons (Fsp3) is 0.545. The van der Waals surface area contributed by atoms with E-state index >= 15 is 0 Å². The maximum Gasteiger partial charge on any atom is 0.226 e. The smallest absolute Gasteiger partial charge is 0.226 e. The molecule has 0 aliphatic heterocycles. The highest BCUT2D eigenvalue weighted by Gasteiger charge is 2.45. The summed E-state index contributed by atoms with van der Waals surface area (Å²) in [6.07, 6.45) is 10.3. The predicted molar refractivity (Wildman–Crippen MR) is 54.0 cm³/mol. The minimum Gasteiger partial charge on any atom is -0.345 e. The van der Waals surface area contributed by atoms with Crippen molar-refractivity contribution < 1.29 is 4.79 Å². The van der Waals surface area contributed by atoms with Crippen LogP contribution in [0.2, 0.25) is 0 Å². The van der Waals surface area contributed by atoms with Crippen molar-refractivity contribution in [2.75, 3.05) is 6.54 Å². The highest BCUT2D eigenvalue weighted by molar-refractivity contribution is 5.81. The van der Waals surface area contributed by atoms with Gasteiger partial charge in [-0.3, -0.25) is 4.79 Å². The number of nitrogens with one attached hydrogen (secondary N) is 1. The average Bonchev–Trinajstić information content (AvgIpc) is 2.74. The van der Waals surface area contributed by atoms with Crippen LogP contribution in [0.5, 0.6) is 0 Å². The van der Waals surface area contributed by atoms with Crippen molar-refractivity contribution in [2.24, 2.45) is 23.5 Å². The highest BCUT2D eigenvalue weighted by atomic mass is 16.1. The van der Waals surface area contributed by atoms with Crippen LogP contribution >= 0.6 is 0 Å². The van der Waals surface area contributed by atoms with E-state index in [1.165, 1.54) is 0 Å². The monoisotopic (exact) mass is 190 g/mol. The second-order valence-corrected chi connectivity index (χ2v) is 3.97. The highest BCUT2D eigenvalue weighted by Crippen LogP contribution is 2.42. The van der Waals surface area contributed by atoms with Crippen molar-refractivity contribution in [2.45, 2.75) is 12.5 Å². The lowest BCUT2D eigenvalue weighted by molar-refractivity contribution is -0.125. The molecule has 1 saturated carbocycles. The number of terminal acetylenes is 1. The van der Waals surface area contributed by atoms with Gasteiger partial charge in [-0.25, -0.2) is 0 Å². The molecule has 4 atom stereocenters. The molecule has 1 amide bonds. The van der Waals surface area contributed by atoms with E-state index in [-0.39, 0.29) is 17.9 Å². The molecule has 14 heavy (non-hydrogen) atoms. The van der Waals surface area contributed by atoms with Crippen LogP contribution in [0.1, 0.15) is 6.42 Å². The average molecular weight is 190 g/mol. The number of allylic oxidation sites excluding steroid dienone is 1. The zero-order chi connectivity index (χ0) is 10.1. The Labute approximate surface area is 83.7 Å². The molecule has 0 aromatic rings. The fourth-order valence-electron chi connectivity index (χ4n) is 2.49. The molecule has 0 aromatic heterocycles. The normalized spacial score (nSPS) is 38.3. The number of nitrogens with two attached hydrogens (primary N) is 1. The fourth-order valence-corrected chi connectivity index (χ4v) is 2.49. The summed E-state index contributed by atoms with van der Waals surface area (Å²) in [5.41, 5.74) is 5.97. The van der Waals surface area contributed by atoms with Crippen molar-refractivity contribution in [3.63, 3.8) is 0 Å². The molecule has 1 fully saturated rings. The summed E-state index contributed by atoms with van der Waals surface area (Å²) in [4.78, 5) is 11.7. The van der Waals surface area contributed by atoms with E-state index in [0.717, 1.165) is 6.42 Å². The molecule has 2 bridgehead atoms. The van der Waals surface area contributed by atoms with Crippen LogP contribution in [0.15, 0.2) is 12.2 Å². The first kappa shape index (κ1) is 9.29. The van der Waals surface area contributed by atoms with Gasteiger partial charge in [0, 0.05) is 6.04 Å². The second-order valence-electron chi connectivity index (χ2n) is 3.97. The molecule has 2 unspecified atom stereocenters. The van der Waals surface area contributed by atoms with E-state index in [4.69, 9.17) is 12.2 Å². The molecule has 2 rings (SSSR count). The van der Waals surface area contributed by atoms with Crippen LogP contribution in [-0.2, 0) is 4.79 Å². The summed E-state index contributed by atoms with van der Waals surface area (Å²) in [5.74, 6) is 3.04. The Morgan fingerprint density at radius 3 is 2.86 bits per heavy atom. The Bertz CT molecular complexity index is 316. The van der Waals surface area contributed by atoms with Crippen molar-refractivity contribution in [3.8, 4) is 12.3 Å². The topological polar surface area (TPSA) is 55.1 Å². The number of hydrogen-bond donors (Lipinski definition) is 2. The molecule has 0 heterocycles. The Morgan fingerprint density at radius 2 is 2.29 bits per heavy atom. The molecule has 3 nitrogen and oxygen atoms in total. The molecule has 74 valence electrons. The molecule has 3 N–H and O–H groups in total. The van der Waals surface area contributed by atoms with E-state index in [0.29, 0.717) is 18.4 Å². The molecule has 2 aliphatic carbocycles. The molecular formula is C11H14N2O. The largest absolute Gasteiger partial charge is 0.345 e. The zero-order valence-corrected chi connectivity index (χ0v) is 7.94. The molecule has 0 aromatic carbocycles. The van der Waals surface area contributed by atoms with Crippen molar-refractivity contribution in [1.29, 1.82) is 0 Å². The Hall–Kier alpha value is -1.27. The maximum absolute atomic E-state index is 11.7. The quantitative estimate of drug-likeness (QED) is 0.471. The van der Waals surface area contributed by atoms with Crippen LogP contribution in [0.3, 0.4) is 0 Å². The first-order valence-electron chi connectivity index (χ1n) is 4.89. The number of amides is 1. The molecule has 0 radical (unpaired) electrons. The van der Waals surface area contributed by atoms with Crippen LogP contribution in [-0.4, -0.2) is 18.5 Å². The predicted octanol–water partition coefficient (Wildman–Crippen LogP) is -0.115. The number of fused-ring (bicyclic) bond motifs is 2. The van der Waals surface area contributed by atoms with Crippen LogP contribution in [0.25, 0.3) is 0 Å². The van der Waals surface area contributed by atoms with E-state index < -0.39 is 0 Å². The summed E-state index contributed by atoms with van der Waals surface area (Å²) in [7, 11) is 0. The standard InChI is InChI=1S/C11H14N2O/c1-2-5-13-11(14)9-7-3-4-8(6-7)10(9)12/h1,3-4,7-10H,5-6,12H2,(H,13,14)/t7?,8?,9-,10+/m1/s1. The zero-order valence-electron chi connectivity index (χ0n) is 7.94. The second kappa shape index (κ2) is 3.47. The van der Waals surface area contributed by atoms with Crippen molar-refractivity contribution >= 4 is 5.91 Å². The number of carbonyl (C=O) groups excluding carboxylic acids is 1. The molecule has 3 heteroatoms. The SMILES string of the molecule is C#CCNC(=O)[C@@H]1C2C=CC(C2)[C@@H]1N. The van der Waals surface area contributed by atoms with Gasteiger partial charge in [0.15, 0.2) is 0 Å². The van der Waals surface area contributed by atoms with Crippen LogP contribution in [0.4, 0.5) is 0 Å². The van der Waals surface area contributed by atoms with E-state index in [1.54, 1.807) is 0 Å². The lowest BCUT2D eigenvalue weighted by Crippen LogP contribution is -2.44. The Morgan fingerprint density at radius 1 is 1.57 bits per heavy atom. The van der Waals surface area contributed by atoms with Gasteiger partial charge in [0.05, 0.1) is 12.5 Å². The molecule has 0 saturated heterocycles. The lowest BCUT2D eigenvalue weighted by Gasteiger charge is -2.23. The van der Waals surface area contributed by atoms with Crippen molar-refractivity contribution in [1.82, 2.24) is 5.32 Å². The lowest BCUT2D eigenvalue weighted by atomic mass is 9.89.